The molecule has 0 aromatic rings. The quantitative estimate of drug-likeness (QED) is 0.452. The van der Waals surface area contributed by atoms with Gasteiger partial charge in [0.25, 0.3) is 0 Å². The van der Waals surface area contributed by atoms with Crippen LogP contribution in [0.3, 0.4) is 0 Å². The van der Waals surface area contributed by atoms with Crippen molar-refractivity contribution < 1.29 is 4.74 Å². The number of nitrogens with one attached hydrogen (secondary N) is 1. The van der Waals surface area contributed by atoms with Crippen LogP contribution in [-0.2, 0) is 4.74 Å². The molecule has 2 unspecified atom stereocenters. The Morgan fingerprint density at radius 1 is 1.57 bits per heavy atom. The summed E-state index contributed by atoms with van der Waals surface area (Å²) in [7, 11) is 0. The average Bonchev–Trinajstić information content (AvgIpc) is 1.85. The summed E-state index contributed by atoms with van der Waals surface area (Å²) < 4.78 is 5.19. The molecule has 2 heterocycles. The summed E-state index contributed by atoms with van der Waals surface area (Å²) in [4.78, 5) is 0. The summed E-state index contributed by atoms with van der Waals surface area (Å²) in [6.45, 7) is 2.11. The predicted octanol–water partition coefficient (Wildman–Crippen LogP) is -0.253. The van der Waals surface area contributed by atoms with Gasteiger partial charge in [-0.15, -0.1) is 0 Å². The summed E-state index contributed by atoms with van der Waals surface area (Å²) in [5.41, 5.74) is 0. The molecule has 2 aliphatic rings. The van der Waals surface area contributed by atoms with Crippen LogP contribution in [0.15, 0.2) is 0 Å². The van der Waals surface area contributed by atoms with Crippen LogP contribution in [0.2, 0.25) is 0 Å². The molecule has 2 heteroatoms. The minimum Gasteiger partial charge on any atom is -0.375 e. The van der Waals surface area contributed by atoms with E-state index in [0.717, 1.165) is 19.2 Å². The molecule has 2 rings (SSSR count). The Morgan fingerprint density at radius 3 is 2.86 bits per heavy atom. The molecule has 0 amide bonds. The molecule has 2 saturated heterocycles. The summed E-state index contributed by atoms with van der Waals surface area (Å²) in [5, 5.41) is 3.33. The van der Waals surface area contributed by atoms with Crippen molar-refractivity contribution in [1.82, 2.24) is 5.32 Å². The van der Waals surface area contributed by atoms with Gasteiger partial charge < -0.3 is 10.1 Å². The maximum absolute atomic E-state index is 5.19. The first-order valence-corrected chi connectivity index (χ1v) is 2.82. The fraction of sp³-hybridized carbons (Fsp3) is 1.00. The monoisotopic (exact) mass is 99.1 g/mol. The van der Waals surface area contributed by atoms with Crippen molar-refractivity contribution in [1.29, 1.82) is 0 Å². The van der Waals surface area contributed by atoms with Crippen LogP contribution in [0, 0.1) is 0 Å². The first-order valence-electron chi connectivity index (χ1n) is 2.82. The second-order valence-electron chi connectivity index (χ2n) is 2.22. The van der Waals surface area contributed by atoms with Crippen molar-refractivity contribution >= 4 is 0 Å². The zero-order chi connectivity index (χ0) is 4.69. The Hall–Kier alpha value is -0.0800. The molecule has 0 spiro atoms. The van der Waals surface area contributed by atoms with Crippen LogP contribution in [0.4, 0.5) is 0 Å². The maximum Gasteiger partial charge on any atom is 0.0763 e. The van der Waals surface area contributed by atoms with Crippen molar-refractivity contribution in [2.24, 2.45) is 0 Å². The molecular formula is C5H9NO. The molecule has 2 atom stereocenters. The van der Waals surface area contributed by atoms with Crippen molar-refractivity contribution in [2.75, 3.05) is 13.2 Å². The Kier molecular flexibility index (Phi) is 0.664. The lowest BCUT2D eigenvalue weighted by atomic mass is 10.1. The fourth-order valence-electron chi connectivity index (χ4n) is 1.21. The average molecular weight is 99.1 g/mol. The number of fused-ring (bicyclic) bond motifs is 1. The van der Waals surface area contributed by atoms with Gasteiger partial charge in [-0.25, -0.2) is 0 Å². The van der Waals surface area contributed by atoms with E-state index in [4.69, 9.17) is 4.74 Å². The molecule has 0 aromatic heterocycles. The lowest BCUT2D eigenvalue weighted by molar-refractivity contribution is -0.0623. The second-order valence-corrected chi connectivity index (χ2v) is 2.22. The van der Waals surface area contributed by atoms with E-state index in [-0.39, 0.29) is 0 Å². The van der Waals surface area contributed by atoms with Gasteiger partial charge in [0.2, 0.25) is 0 Å². The minimum absolute atomic E-state index is 0.583. The summed E-state index contributed by atoms with van der Waals surface area (Å²) in [5.74, 6) is 0. The van der Waals surface area contributed by atoms with E-state index in [1.165, 1.54) is 6.42 Å². The van der Waals surface area contributed by atoms with Crippen LogP contribution in [0.1, 0.15) is 6.42 Å². The largest absolute Gasteiger partial charge is 0.375 e. The highest BCUT2D eigenvalue weighted by Gasteiger charge is 2.35. The first kappa shape index (κ1) is 3.87. The smallest absolute Gasteiger partial charge is 0.0763 e. The maximum atomic E-state index is 5.19. The zero-order valence-corrected chi connectivity index (χ0v) is 4.18. The third-order valence-corrected chi connectivity index (χ3v) is 1.77. The second kappa shape index (κ2) is 1.20. The number of rotatable bonds is 0. The van der Waals surface area contributed by atoms with Gasteiger partial charge in [0.1, 0.15) is 0 Å². The van der Waals surface area contributed by atoms with Crippen molar-refractivity contribution in [2.45, 2.75) is 18.6 Å². The molecule has 2 aliphatic heterocycles. The summed E-state index contributed by atoms with van der Waals surface area (Å²) in [6, 6.07) is 0.722. The van der Waals surface area contributed by atoms with Gasteiger partial charge in [0, 0.05) is 0 Å². The number of hydrogen-bond acceptors (Lipinski definition) is 2. The number of hydrogen-bond donors (Lipinski definition) is 1. The Morgan fingerprint density at radius 2 is 2.57 bits per heavy atom. The van der Waals surface area contributed by atoms with Crippen molar-refractivity contribution in [3.05, 3.63) is 0 Å². The van der Waals surface area contributed by atoms with Crippen LogP contribution in [0.5, 0.6) is 0 Å². The van der Waals surface area contributed by atoms with E-state index < -0.39 is 0 Å². The Labute approximate surface area is 42.9 Å². The fourth-order valence-corrected chi connectivity index (χ4v) is 1.21. The molecule has 2 fully saturated rings. The SMILES string of the molecule is C1CC2OCC2N1. The van der Waals surface area contributed by atoms with Crippen molar-refractivity contribution in [3.63, 3.8) is 0 Å². The molecule has 1 N–H and O–H groups in total. The topological polar surface area (TPSA) is 21.3 Å². The van der Waals surface area contributed by atoms with E-state index in [1.54, 1.807) is 0 Å². The molecule has 0 aliphatic carbocycles. The molecule has 7 heavy (non-hydrogen) atoms. The number of ether oxygens (including phenoxy) is 1. The van der Waals surface area contributed by atoms with E-state index in [2.05, 4.69) is 5.32 Å². The van der Waals surface area contributed by atoms with Gasteiger partial charge in [0.15, 0.2) is 0 Å². The van der Waals surface area contributed by atoms with Gasteiger partial charge >= 0.3 is 0 Å². The van der Waals surface area contributed by atoms with Gasteiger partial charge in [-0.2, -0.15) is 0 Å². The van der Waals surface area contributed by atoms with Crippen LogP contribution in [0.25, 0.3) is 0 Å². The lowest BCUT2D eigenvalue weighted by Crippen LogP contribution is -2.46. The van der Waals surface area contributed by atoms with Crippen LogP contribution in [-0.4, -0.2) is 25.3 Å². The molecule has 0 radical (unpaired) electrons. The van der Waals surface area contributed by atoms with Gasteiger partial charge in [-0.3, -0.25) is 0 Å². The molecule has 0 aromatic carbocycles. The minimum atomic E-state index is 0.583. The van der Waals surface area contributed by atoms with Crippen LogP contribution < -0.4 is 5.32 Å². The molecule has 2 nitrogen and oxygen atoms in total. The van der Waals surface area contributed by atoms with E-state index in [1.807, 2.05) is 0 Å². The molecular weight excluding hydrogens is 90.1 g/mol. The summed E-state index contributed by atoms with van der Waals surface area (Å²) >= 11 is 0. The van der Waals surface area contributed by atoms with Crippen molar-refractivity contribution in [3.8, 4) is 0 Å². The highest BCUT2D eigenvalue weighted by molar-refractivity contribution is 4.91. The van der Waals surface area contributed by atoms with Gasteiger partial charge in [0.05, 0.1) is 18.8 Å². The highest BCUT2D eigenvalue weighted by Crippen LogP contribution is 2.20. The standard InChI is InChI=1S/C5H9NO/c1-2-6-4-3-7-5(1)4/h4-6H,1-3H2. The molecule has 40 valence electrons. The third kappa shape index (κ3) is 0.409. The molecule has 0 bridgehead atoms. The Bertz CT molecular complexity index is 74.1. The van der Waals surface area contributed by atoms with E-state index >= 15 is 0 Å². The Balaban J connectivity index is 2.03. The summed E-state index contributed by atoms with van der Waals surface area (Å²) in [6.07, 6.45) is 1.81. The van der Waals surface area contributed by atoms with Gasteiger partial charge in [-0.05, 0) is 13.0 Å². The van der Waals surface area contributed by atoms with E-state index in [9.17, 15) is 0 Å². The predicted molar refractivity (Wildman–Crippen MR) is 26.1 cm³/mol. The van der Waals surface area contributed by atoms with Crippen LogP contribution >= 0.6 is 0 Å². The van der Waals surface area contributed by atoms with Gasteiger partial charge in [-0.1, -0.05) is 0 Å². The molecule has 0 saturated carbocycles. The zero-order valence-electron chi connectivity index (χ0n) is 4.18. The van der Waals surface area contributed by atoms with E-state index in [0.29, 0.717) is 6.10 Å². The highest BCUT2D eigenvalue weighted by atomic mass is 16.5. The third-order valence-electron chi connectivity index (χ3n) is 1.77. The first-order chi connectivity index (χ1) is 3.47. The lowest BCUT2D eigenvalue weighted by Gasteiger charge is -2.29. The normalized spacial score (nSPS) is 48.0.